The van der Waals surface area contributed by atoms with Gasteiger partial charge in [0.05, 0.1) is 37.6 Å². The summed E-state index contributed by atoms with van der Waals surface area (Å²) in [5.74, 6) is -0.142. The van der Waals surface area contributed by atoms with Crippen molar-refractivity contribution in [2.24, 2.45) is 0 Å². The molecule has 0 spiro atoms. The van der Waals surface area contributed by atoms with Gasteiger partial charge >= 0.3 is 0 Å². The average Bonchev–Trinajstić information content (AvgIpc) is 2.69. The monoisotopic (exact) mass is 402 g/mol. The molecule has 0 aromatic heterocycles. The van der Waals surface area contributed by atoms with E-state index in [2.05, 4.69) is 31.2 Å². The molecule has 1 saturated heterocycles. The van der Waals surface area contributed by atoms with E-state index in [1.54, 1.807) is 35.2 Å². The molecule has 1 heterocycles. The standard InChI is InChI=1S/C21H27N3O3S/c1-18-7-6-8-19(15-18)16-23-11-13-24(14-12-23)21(25)17-22(2)28(26,27)20-9-4-3-5-10-20/h3-10,15H,11-14,16-17H2,1-2H3/p+1. The van der Waals surface area contributed by atoms with E-state index in [0.29, 0.717) is 13.1 Å². The highest BCUT2D eigenvalue weighted by Crippen LogP contribution is 2.13. The van der Waals surface area contributed by atoms with Crippen LogP contribution in [-0.4, -0.2) is 63.3 Å². The number of hydrogen-bond donors (Lipinski definition) is 1. The van der Waals surface area contributed by atoms with Gasteiger partial charge in [0.25, 0.3) is 0 Å². The summed E-state index contributed by atoms with van der Waals surface area (Å²) in [5.41, 5.74) is 2.57. The highest BCUT2D eigenvalue weighted by molar-refractivity contribution is 7.89. The molecule has 0 aliphatic carbocycles. The summed E-state index contributed by atoms with van der Waals surface area (Å²) in [6.45, 7) is 5.95. The van der Waals surface area contributed by atoms with Crippen molar-refractivity contribution < 1.29 is 18.1 Å². The number of carbonyl (C=O) groups excluding carboxylic acids is 1. The Morgan fingerprint density at radius 1 is 1.07 bits per heavy atom. The number of quaternary nitrogens is 1. The van der Waals surface area contributed by atoms with Crippen LogP contribution < -0.4 is 4.90 Å². The van der Waals surface area contributed by atoms with Gasteiger partial charge in [-0.3, -0.25) is 4.79 Å². The third kappa shape index (κ3) is 4.98. The topological polar surface area (TPSA) is 62.1 Å². The van der Waals surface area contributed by atoms with E-state index in [4.69, 9.17) is 0 Å². The Labute approximate surface area is 167 Å². The zero-order chi connectivity index (χ0) is 20.1. The molecule has 2 aromatic rings. The van der Waals surface area contributed by atoms with Crippen LogP contribution in [0, 0.1) is 6.92 Å². The number of hydrogen-bond acceptors (Lipinski definition) is 3. The van der Waals surface area contributed by atoms with Gasteiger partial charge in [0.2, 0.25) is 15.9 Å². The van der Waals surface area contributed by atoms with Gasteiger partial charge in [0.1, 0.15) is 6.54 Å². The van der Waals surface area contributed by atoms with E-state index in [1.807, 2.05) is 0 Å². The Balaban J connectivity index is 1.52. The van der Waals surface area contributed by atoms with Crippen LogP contribution >= 0.6 is 0 Å². The van der Waals surface area contributed by atoms with Gasteiger partial charge in [-0.25, -0.2) is 8.42 Å². The predicted octanol–water partition coefficient (Wildman–Crippen LogP) is 0.543. The summed E-state index contributed by atoms with van der Waals surface area (Å²) in [7, 11) is -2.19. The van der Waals surface area contributed by atoms with E-state index >= 15 is 0 Å². The highest BCUT2D eigenvalue weighted by Gasteiger charge is 2.28. The number of sulfonamides is 1. The smallest absolute Gasteiger partial charge is 0.243 e. The molecular formula is C21H28N3O3S+. The second-order valence-corrected chi connectivity index (χ2v) is 9.42. The number of benzene rings is 2. The minimum atomic E-state index is -3.65. The molecule has 0 bridgehead atoms. The molecule has 0 unspecified atom stereocenters. The van der Waals surface area contributed by atoms with Crippen molar-refractivity contribution >= 4 is 15.9 Å². The van der Waals surface area contributed by atoms with Crippen molar-refractivity contribution in [2.75, 3.05) is 39.8 Å². The average molecular weight is 403 g/mol. The minimum absolute atomic E-state index is 0.134. The van der Waals surface area contributed by atoms with Crippen molar-refractivity contribution in [1.29, 1.82) is 0 Å². The molecule has 2 aromatic carbocycles. The van der Waals surface area contributed by atoms with Crippen LogP contribution in [-0.2, 0) is 21.4 Å². The number of nitrogens with one attached hydrogen (secondary N) is 1. The lowest BCUT2D eigenvalue weighted by atomic mass is 10.1. The number of amides is 1. The summed E-state index contributed by atoms with van der Waals surface area (Å²) < 4.78 is 26.3. The maximum atomic E-state index is 12.6. The third-order valence-electron chi connectivity index (χ3n) is 5.17. The van der Waals surface area contributed by atoms with Gasteiger partial charge < -0.3 is 9.80 Å². The molecule has 7 heteroatoms. The van der Waals surface area contributed by atoms with E-state index in [9.17, 15) is 13.2 Å². The highest BCUT2D eigenvalue weighted by atomic mass is 32.2. The number of carbonyl (C=O) groups is 1. The molecule has 3 rings (SSSR count). The quantitative estimate of drug-likeness (QED) is 0.767. The Kier molecular flexibility index (Phi) is 6.49. The molecular weight excluding hydrogens is 374 g/mol. The Bertz CT molecular complexity index is 908. The largest absolute Gasteiger partial charge is 0.330 e. The van der Waals surface area contributed by atoms with Crippen molar-refractivity contribution in [3.05, 3.63) is 65.7 Å². The lowest BCUT2D eigenvalue weighted by molar-refractivity contribution is -0.917. The first-order chi connectivity index (χ1) is 13.4. The van der Waals surface area contributed by atoms with E-state index in [1.165, 1.54) is 23.1 Å². The zero-order valence-corrected chi connectivity index (χ0v) is 17.3. The van der Waals surface area contributed by atoms with Crippen LogP contribution in [0.4, 0.5) is 0 Å². The van der Waals surface area contributed by atoms with Crippen molar-refractivity contribution in [3.8, 4) is 0 Å². The Hall–Kier alpha value is -2.22. The van der Waals surface area contributed by atoms with Gasteiger partial charge in [-0.05, 0) is 19.1 Å². The van der Waals surface area contributed by atoms with Crippen LogP contribution in [0.15, 0.2) is 59.5 Å². The first-order valence-corrected chi connectivity index (χ1v) is 11.0. The maximum Gasteiger partial charge on any atom is 0.243 e. The summed E-state index contributed by atoms with van der Waals surface area (Å²) in [4.78, 5) is 16.0. The van der Waals surface area contributed by atoms with Gasteiger partial charge in [-0.2, -0.15) is 4.31 Å². The van der Waals surface area contributed by atoms with Crippen LogP contribution in [0.3, 0.4) is 0 Å². The first kappa shape index (κ1) is 20.5. The molecule has 28 heavy (non-hydrogen) atoms. The summed E-state index contributed by atoms with van der Waals surface area (Å²) in [6, 6.07) is 16.7. The lowest BCUT2D eigenvalue weighted by Crippen LogP contribution is -3.13. The number of nitrogens with zero attached hydrogens (tertiary/aromatic N) is 2. The molecule has 1 fully saturated rings. The molecule has 1 aliphatic heterocycles. The molecule has 150 valence electrons. The van der Waals surface area contributed by atoms with E-state index in [0.717, 1.165) is 23.9 Å². The van der Waals surface area contributed by atoms with E-state index in [-0.39, 0.29) is 17.3 Å². The summed E-state index contributed by atoms with van der Waals surface area (Å²) >= 11 is 0. The van der Waals surface area contributed by atoms with Crippen molar-refractivity contribution in [3.63, 3.8) is 0 Å². The molecule has 1 aliphatic rings. The fourth-order valence-corrected chi connectivity index (χ4v) is 4.65. The third-order valence-corrected chi connectivity index (χ3v) is 6.99. The maximum absolute atomic E-state index is 12.6. The van der Waals surface area contributed by atoms with Crippen LogP contribution in [0.2, 0.25) is 0 Å². The van der Waals surface area contributed by atoms with Crippen LogP contribution in [0.1, 0.15) is 11.1 Å². The minimum Gasteiger partial charge on any atom is -0.330 e. The van der Waals surface area contributed by atoms with Gasteiger partial charge in [0, 0.05) is 12.6 Å². The van der Waals surface area contributed by atoms with Crippen LogP contribution in [0.25, 0.3) is 0 Å². The van der Waals surface area contributed by atoms with Crippen molar-refractivity contribution in [2.45, 2.75) is 18.4 Å². The molecule has 0 radical (unpaired) electrons. The summed E-state index contributed by atoms with van der Waals surface area (Å²) in [5, 5.41) is 0. The van der Waals surface area contributed by atoms with Gasteiger partial charge in [0.15, 0.2) is 0 Å². The molecule has 0 saturated carbocycles. The number of rotatable bonds is 6. The Morgan fingerprint density at radius 2 is 1.75 bits per heavy atom. The number of likely N-dealkylation sites (N-methyl/N-ethyl adjacent to an activating group) is 1. The molecule has 6 nitrogen and oxygen atoms in total. The second-order valence-electron chi connectivity index (χ2n) is 7.37. The van der Waals surface area contributed by atoms with E-state index < -0.39 is 10.0 Å². The Morgan fingerprint density at radius 3 is 2.39 bits per heavy atom. The van der Waals surface area contributed by atoms with Gasteiger partial charge in [-0.1, -0.05) is 48.0 Å². The fraction of sp³-hybridized carbons (Fsp3) is 0.381. The number of aryl methyl sites for hydroxylation is 1. The number of piperazine rings is 1. The van der Waals surface area contributed by atoms with Crippen molar-refractivity contribution in [1.82, 2.24) is 9.21 Å². The summed E-state index contributed by atoms with van der Waals surface area (Å²) in [6.07, 6.45) is 0. The SMILES string of the molecule is Cc1cccc(C[NH+]2CCN(C(=O)CN(C)S(=O)(=O)c3ccccc3)CC2)c1. The predicted molar refractivity (Wildman–Crippen MR) is 108 cm³/mol. The fourth-order valence-electron chi connectivity index (χ4n) is 3.51. The molecule has 1 N–H and O–H groups in total. The first-order valence-electron chi connectivity index (χ1n) is 9.54. The van der Waals surface area contributed by atoms with Gasteiger partial charge in [-0.15, -0.1) is 0 Å². The zero-order valence-electron chi connectivity index (χ0n) is 16.5. The molecule has 0 atom stereocenters. The van der Waals surface area contributed by atoms with Crippen LogP contribution in [0.5, 0.6) is 0 Å². The lowest BCUT2D eigenvalue weighted by Gasteiger charge is -2.33. The normalized spacial score (nSPS) is 15.8. The molecule has 1 amide bonds. The second kappa shape index (κ2) is 8.86.